The van der Waals surface area contributed by atoms with Crippen LogP contribution in [0.4, 0.5) is 4.39 Å². The van der Waals surface area contributed by atoms with E-state index in [1.807, 2.05) is 0 Å². The highest BCUT2D eigenvalue weighted by Crippen LogP contribution is 2.37. The Hall–Kier alpha value is -1.78. The van der Waals surface area contributed by atoms with Crippen LogP contribution in [0, 0.1) is 10.6 Å². The first-order valence-corrected chi connectivity index (χ1v) is 16.3. The number of nitrogens with zero attached hydrogens (tertiary/aromatic N) is 3. The van der Waals surface area contributed by atoms with E-state index in [-0.39, 0.29) is 16.9 Å². The van der Waals surface area contributed by atoms with Gasteiger partial charge in [-0.2, -0.15) is 0 Å². The average Bonchev–Trinajstić information content (AvgIpc) is 3.00. The minimum atomic E-state index is -2.92. The molecule has 3 rings (SSSR count). The predicted molar refractivity (Wildman–Crippen MR) is 130 cm³/mol. The number of hydrogen-bond acceptors (Lipinski definition) is 5. The molecule has 1 N–H and O–H groups in total. The molecule has 2 heterocycles. The molecule has 6 nitrogen and oxygen atoms in total. The fourth-order valence-corrected chi connectivity index (χ4v) is 4.93. The highest BCUT2D eigenvalue weighted by molar-refractivity contribution is 7.91. The SMILES string of the molecule is C[Si](C)(C)CCOCn1c(-c2ccc(F)cn2)nc(-c2ccc(S(C)(=N)=O)cc2Cl)c1Cl. The fraction of sp³-hybridized carbons (Fsp3) is 0.333. The van der Waals surface area contributed by atoms with Crippen molar-refractivity contribution in [2.75, 3.05) is 12.9 Å². The summed E-state index contributed by atoms with van der Waals surface area (Å²) >= 11 is 13.1. The van der Waals surface area contributed by atoms with E-state index in [0.29, 0.717) is 34.3 Å². The van der Waals surface area contributed by atoms with E-state index >= 15 is 0 Å². The van der Waals surface area contributed by atoms with Crippen molar-refractivity contribution in [3.63, 3.8) is 0 Å². The third-order valence-corrected chi connectivity index (χ3v) is 8.28. The van der Waals surface area contributed by atoms with Gasteiger partial charge in [0.2, 0.25) is 0 Å². The Morgan fingerprint density at radius 2 is 1.94 bits per heavy atom. The van der Waals surface area contributed by atoms with Crippen molar-refractivity contribution in [1.82, 2.24) is 14.5 Å². The Bertz CT molecular complexity index is 1230. The molecule has 0 bridgehead atoms. The molecular weight excluding hydrogens is 490 g/mol. The predicted octanol–water partition coefficient (Wildman–Crippen LogP) is 6.41. The number of ether oxygens (including phenoxy) is 1. The maximum Gasteiger partial charge on any atom is 0.162 e. The van der Waals surface area contributed by atoms with Crippen LogP contribution >= 0.6 is 23.2 Å². The van der Waals surface area contributed by atoms with E-state index in [0.717, 1.165) is 12.2 Å². The Morgan fingerprint density at radius 1 is 1.22 bits per heavy atom. The molecule has 11 heteroatoms. The Balaban J connectivity index is 2.03. The third-order valence-electron chi connectivity index (χ3n) is 4.72. The van der Waals surface area contributed by atoms with Crippen LogP contribution in [0.5, 0.6) is 0 Å². The molecule has 1 aromatic carbocycles. The van der Waals surface area contributed by atoms with Gasteiger partial charge in [0.25, 0.3) is 0 Å². The summed E-state index contributed by atoms with van der Waals surface area (Å²) in [6, 6.07) is 8.52. The van der Waals surface area contributed by atoms with Gasteiger partial charge in [0.05, 0.1) is 20.9 Å². The molecule has 0 aliphatic heterocycles. The molecule has 0 aliphatic rings. The van der Waals surface area contributed by atoms with Crippen LogP contribution in [0.2, 0.25) is 35.9 Å². The van der Waals surface area contributed by atoms with Gasteiger partial charge in [-0.15, -0.1) is 0 Å². The van der Waals surface area contributed by atoms with E-state index in [9.17, 15) is 8.60 Å². The van der Waals surface area contributed by atoms with E-state index in [1.165, 1.54) is 24.5 Å². The number of rotatable bonds is 8. The number of imidazole rings is 1. The highest BCUT2D eigenvalue weighted by Gasteiger charge is 2.22. The summed E-state index contributed by atoms with van der Waals surface area (Å²) in [4.78, 5) is 9.08. The van der Waals surface area contributed by atoms with E-state index < -0.39 is 23.6 Å². The van der Waals surface area contributed by atoms with Gasteiger partial charge in [0, 0.05) is 31.4 Å². The number of halogens is 3. The van der Waals surface area contributed by atoms with Gasteiger partial charge >= 0.3 is 0 Å². The molecule has 2 aromatic heterocycles. The molecular formula is C21H25Cl2FN4O2SSi. The normalized spacial score (nSPS) is 13.8. The largest absolute Gasteiger partial charge is 0.361 e. The Labute approximate surface area is 198 Å². The summed E-state index contributed by atoms with van der Waals surface area (Å²) in [6.07, 6.45) is 2.44. The molecule has 0 fully saturated rings. The summed E-state index contributed by atoms with van der Waals surface area (Å²) in [5.74, 6) is -0.0420. The number of hydrogen-bond donors (Lipinski definition) is 1. The molecule has 0 saturated heterocycles. The Kier molecular flexibility index (Phi) is 7.46. The first-order valence-electron chi connectivity index (χ1n) is 9.86. The second-order valence-electron chi connectivity index (χ2n) is 8.70. The van der Waals surface area contributed by atoms with Crippen LogP contribution in [0.3, 0.4) is 0 Å². The van der Waals surface area contributed by atoms with Crippen molar-refractivity contribution < 1.29 is 13.3 Å². The zero-order valence-electron chi connectivity index (χ0n) is 18.3. The summed E-state index contributed by atoms with van der Waals surface area (Å²) in [5, 5.41) is 0.561. The first kappa shape index (κ1) is 24.9. The second-order valence-corrected chi connectivity index (χ2v) is 17.2. The minimum absolute atomic E-state index is 0.149. The molecule has 0 saturated carbocycles. The van der Waals surface area contributed by atoms with E-state index in [4.69, 9.17) is 32.7 Å². The number of benzene rings is 1. The van der Waals surface area contributed by atoms with Crippen LogP contribution in [0.15, 0.2) is 41.4 Å². The molecule has 3 aromatic rings. The summed E-state index contributed by atoms with van der Waals surface area (Å²) in [7, 11) is -4.18. The second kappa shape index (κ2) is 9.60. The number of aromatic nitrogens is 3. The van der Waals surface area contributed by atoms with Crippen LogP contribution in [0.25, 0.3) is 22.8 Å². The van der Waals surface area contributed by atoms with Crippen molar-refractivity contribution >= 4 is 41.0 Å². The molecule has 0 radical (unpaired) electrons. The van der Waals surface area contributed by atoms with Crippen molar-refractivity contribution in [2.45, 2.75) is 37.3 Å². The standard InChI is InChI=1S/C21H25Cl2FN4O2SSi/c1-31(25,29)15-6-7-16(17(22)11-15)19-20(23)28(13-30-9-10-32(2,3)4)21(27-19)18-8-5-14(24)12-26-18/h5-8,11-12,25H,9-10,13H2,1-4H3. The fourth-order valence-electron chi connectivity index (χ4n) is 2.89. The minimum Gasteiger partial charge on any atom is -0.361 e. The topological polar surface area (TPSA) is 80.9 Å². The van der Waals surface area contributed by atoms with Crippen molar-refractivity contribution in [2.24, 2.45) is 0 Å². The first-order chi connectivity index (χ1) is 14.9. The van der Waals surface area contributed by atoms with E-state index in [1.54, 1.807) is 16.7 Å². The van der Waals surface area contributed by atoms with Gasteiger partial charge in [-0.05, 0) is 36.4 Å². The molecule has 0 amide bonds. The lowest BCUT2D eigenvalue weighted by molar-refractivity contribution is 0.0884. The lowest BCUT2D eigenvalue weighted by atomic mass is 10.2. The monoisotopic (exact) mass is 514 g/mol. The van der Waals surface area contributed by atoms with Gasteiger partial charge in [-0.3, -0.25) is 4.57 Å². The number of pyridine rings is 1. The van der Waals surface area contributed by atoms with Gasteiger partial charge in [0.15, 0.2) is 5.82 Å². The van der Waals surface area contributed by atoms with Gasteiger partial charge in [-0.1, -0.05) is 42.8 Å². The lowest BCUT2D eigenvalue weighted by Crippen LogP contribution is -2.22. The zero-order chi connectivity index (χ0) is 23.7. The molecule has 0 aliphatic carbocycles. The van der Waals surface area contributed by atoms with Gasteiger partial charge in [-0.25, -0.2) is 23.3 Å². The molecule has 172 valence electrons. The van der Waals surface area contributed by atoms with Crippen molar-refractivity contribution in [3.05, 3.63) is 52.5 Å². The van der Waals surface area contributed by atoms with Gasteiger partial charge < -0.3 is 4.74 Å². The molecule has 32 heavy (non-hydrogen) atoms. The maximum atomic E-state index is 13.4. The van der Waals surface area contributed by atoms with Crippen molar-refractivity contribution in [1.29, 1.82) is 4.78 Å². The summed E-state index contributed by atoms with van der Waals surface area (Å²) < 4.78 is 40.8. The summed E-state index contributed by atoms with van der Waals surface area (Å²) in [5.41, 5.74) is 1.35. The van der Waals surface area contributed by atoms with Crippen LogP contribution in [-0.2, 0) is 21.2 Å². The highest BCUT2D eigenvalue weighted by atomic mass is 35.5. The lowest BCUT2D eigenvalue weighted by Gasteiger charge is -2.16. The van der Waals surface area contributed by atoms with Crippen LogP contribution in [0.1, 0.15) is 0 Å². The van der Waals surface area contributed by atoms with Crippen LogP contribution < -0.4 is 0 Å². The van der Waals surface area contributed by atoms with E-state index in [2.05, 4.69) is 29.6 Å². The smallest absolute Gasteiger partial charge is 0.162 e. The van der Waals surface area contributed by atoms with Crippen molar-refractivity contribution in [3.8, 4) is 22.8 Å². The molecule has 1 unspecified atom stereocenters. The third kappa shape index (κ3) is 5.96. The zero-order valence-corrected chi connectivity index (χ0v) is 21.6. The number of nitrogens with one attached hydrogen (secondary N) is 1. The molecule has 0 spiro atoms. The van der Waals surface area contributed by atoms with Crippen LogP contribution in [-0.4, -0.2) is 39.7 Å². The summed E-state index contributed by atoms with van der Waals surface area (Å²) in [6.45, 7) is 7.53. The van der Waals surface area contributed by atoms with Gasteiger partial charge in [0.1, 0.15) is 29.1 Å². The average molecular weight is 516 g/mol. The molecule has 1 atom stereocenters. The maximum absolute atomic E-state index is 13.4. The Morgan fingerprint density at radius 3 is 2.50 bits per heavy atom. The quantitative estimate of drug-likeness (QED) is 0.278.